The van der Waals surface area contributed by atoms with Crippen LogP contribution in [0.25, 0.3) is 0 Å². The van der Waals surface area contributed by atoms with Gasteiger partial charge in [-0.2, -0.15) is 10.1 Å². The predicted molar refractivity (Wildman–Crippen MR) is 103 cm³/mol. The van der Waals surface area contributed by atoms with Gasteiger partial charge in [0.05, 0.1) is 19.1 Å². The number of fused-ring (bicyclic) bond motifs is 1. The standard InChI is InChI=1S/C20H21N5O2/c1-13-17(19(26)24-15-6-4-3-5-7-15)18(25-20(23-13)21-12-22-25)14-8-10-16(27-2)11-9-14/h3-13,17-18H,1-2H3,(H,24,26)(H,21,22,23)/t13-,17-,18+/m1/s1. The molecule has 0 fully saturated rings. The lowest BCUT2D eigenvalue weighted by Crippen LogP contribution is -2.46. The number of carbonyl (C=O) groups is 1. The molecular weight excluding hydrogens is 342 g/mol. The third kappa shape index (κ3) is 3.23. The van der Waals surface area contributed by atoms with Gasteiger partial charge in [0.25, 0.3) is 0 Å². The first-order valence-corrected chi connectivity index (χ1v) is 8.83. The number of rotatable bonds is 4. The minimum atomic E-state index is -0.368. The van der Waals surface area contributed by atoms with Crippen molar-refractivity contribution in [3.8, 4) is 5.75 Å². The van der Waals surface area contributed by atoms with Gasteiger partial charge in [0, 0.05) is 11.7 Å². The van der Waals surface area contributed by atoms with E-state index < -0.39 is 0 Å². The van der Waals surface area contributed by atoms with Crippen molar-refractivity contribution in [2.24, 2.45) is 5.92 Å². The van der Waals surface area contributed by atoms with Crippen LogP contribution < -0.4 is 15.4 Å². The summed E-state index contributed by atoms with van der Waals surface area (Å²) in [6, 6.07) is 16.8. The second-order valence-electron chi connectivity index (χ2n) is 6.56. The van der Waals surface area contributed by atoms with E-state index in [1.54, 1.807) is 11.8 Å². The summed E-state index contributed by atoms with van der Waals surface area (Å²) in [4.78, 5) is 17.5. The number of nitrogens with zero attached hydrogens (tertiary/aromatic N) is 3. The number of hydrogen-bond donors (Lipinski definition) is 2. The van der Waals surface area contributed by atoms with Gasteiger partial charge in [-0.25, -0.2) is 4.68 Å². The van der Waals surface area contributed by atoms with E-state index in [4.69, 9.17) is 4.74 Å². The molecular formula is C20H21N5O2. The van der Waals surface area contributed by atoms with Crippen molar-refractivity contribution >= 4 is 17.5 Å². The highest BCUT2D eigenvalue weighted by Crippen LogP contribution is 2.36. The molecule has 1 aromatic heterocycles. The van der Waals surface area contributed by atoms with Crippen LogP contribution in [0.4, 0.5) is 11.6 Å². The SMILES string of the molecule is COc1ccc([C@H]2[C@H](C(=O)Nc3ccccc3)[C@@H](C)Nc3ncnn32)cc1. The molecule has 4 rings (SSSR count). The Morgan fingerprint density at radius 2 is 1.89 bits per heavy atom. The van der Waals surface area contributed by atoms with Crippen LogP contribution in [0.3, 0.4) is 0 Å². The number of benzene rings is 2. The molecule has 0 saturated carbocycles. The first-order valence-electron chi connectivity index (χ1n) is 8.83. The Labute approximate surface area is 157 Å². The second kappa shape index (κ2) is 7.11. The average molecular weight is 363 g/mol. The van der Waals surface area contributed by atoms with Gasteiger partial charge in [-0.15, -0.1) is 0 Å². The zero-order valence-corrected chi connectivity index (χ0v) is 15.2. The first-order chi connectivity index (χ1) is 13.2. The Hall–Kier alpha value is -3.35. The first kappa shape index (κ1) is 17.1. The zero-order chi connectivity index (χ0) is 18.8. The average Bonchev–Trinajstić information content (AvgIpc) is 3.15. The molecule has 3 aromatic rings. The highest BCUT2D eigenvalue weighted by atomic mass is 16.5. The molecule has 3 atom stereocenters. The van der Waals surface area contributed by atoms with Crippen molar-refractivity contribution in [3.05, 3.63) is 66.5 Å². The highest BCUT2D eigenvalue weighted by molar-refractivity contribution is 5.94. The number of anilines is 2. The van der Waals surface area contributed by atoms with Gasteiger partial charge in [0.15, 0.2) is 0 Å². The number of methoxy groups -OCH3 is 1. The molecule has 0 spiro atoms. The molecule has 0 bridgehead atoms. The van der Waals surface area contributed by atoms with Crippen LogP contribution in [0.15, 0.2) is 60.9 Å². The molecule has 27 heavy (non-hydrogen) atoms. The summed E-state index contributed by atoms with van der Waals surface area (Å²) in [6.07, 6.45) is 1.50. The number of hydrogen-bond acceptors (Lipinski definition) is 5. The fourth-order valence-corrected chi connectivity index (χ4v) is 3.54. The number of para-hydroxylation sites is 1. The zero-order valence-electron chi connectivity index (χ0n) is 15.2. The summed E-state index contributed by atoms with van der Waals surface area (Å²) < 4.78 is 7.03. The lowest BCUT2D eigenvalue weighted by Gasteiger charge is -2.36. The van der Waals surface area contributed by atoms with Crippen molar-refractivity contribution < 1.29 is 9.53 Å². The predicted octanol–water partition coefficient (Wildman–Crippen LogP) is 2.95. The van der Waals surface area contributed by atoms with Crippen molar-refractivity contribution in [2.45, 2.75) is 19.0 Å². The Morgan fingerprint density at radius 1 is 1.15 bits per heavy atom. The monoisotopic (exact) mass is 363 g/mol. The molecule has 2 aromatic carbocycles. The van der Waals surface area contributed by atoms with E-state index in [1.165, 1.54) is 6.33 Å². The van der Waals surface area contributed by atoms with Crippen LogP contribution >= 0.6 is 0 Å². The van der Waals surface area contributed by atoms with Gasteiger partial charge >= 0.3 is 0 Å². The van der Waals surface area contributed by atoms with Gasteiger partial charge in [-0.3, -0.25) is 4.79 Å². The molecule has 0 aliphatic carbocycles. The number of amides is 1. The van der Waals surface area contributed by atoms with E-state index >= 15 is 0 Å². The highest BCUT2D eigenvalue weighted by Gasteiger charge is 2.41. The van der Waals surface area contributed by atoms with Crippen molar-refractivity contribution in [1.29, 1.82) is 0 Å². The number of nitrogens with one attached hydrogen (secondary N) is 2. The van der Waals surface area contributed by atoms with Crippen molar-refractivity contribution in [1.82, 2.24) is 14.8 Å². The van der Waals surface area contributed by atoms with Crippen LogP contribution in [0, 0.1) is 5.92 Å². The van der Waals surface area contributed by atoms with Crippen LogP contribution in [-0.2, 0) is 4.79 Å². The molecule has 7 nitrogen and oxygen atoms in total. The van der Waals surface area contributed by atoms with E-state index in [1.807, 2.05) is 61.5 Å². The lowest BCUT2D eigenvalue weighted by molar-refractivity contribution is -0.121. The van der Waals surface area contributed by atoms with Crippen LogP contribution in [0.1, 0.15) is 18.5 Å². The van der Waals surface area contributed by atoms with Crippen molar-refractivity contribution in [3.63, 3.8) is 0 Å². The molecule has 1 aliphatic rings. The fourth-order valence-electron chi connectivity index (χ4n) is 3.54. The smallest absolute Gasteiger partial charge is 0.232 e. The van der Waals surface area contributed by atoms with E-state index in [-0.39, 0.29) is 23.9 Å². The summed E-state index contributed by atoms with van der Waals surface area (Å²) in [7, 11) is 1.63. The molecule has 1 amide bonds. The third-order valence-corrected chi connectivity index (χ3v) is 4.87. The topological polar surface area (TPSA) is 81.1 Å². The van der Waals surface area contributed by atoms with Crippen molar-refractivity contribution in [2.75, 3.05) is 17.7 Å². The van der Waals surface area contributed by atoms with Gasteiger partial charge < -0.3 is 15.4 Å². The molecule has 1 aliphatic heterocycles. The fraction of sp³-hybridized carbons (Fsp3) is 0.250. The molecule has 0 unspecified atom stereocenters. The summed E-state index contributed by atoms with van der Waals surface area (Å²) in [5.74, 6) is 0.993. The van der Waals surface area contributed by atoms with Crippen LogP contribution in [-0.4, -0.2) is 33.8 Å². The molecule has 138 valence electrons. The van der Waals surface area contributed by atoms with E-state index in [0.29, 0.717) is 5.95 Å². The molecule has 2 heterocycles. The summed E-state index contributed by atoms with van der Waals surface area (Å²) in [6.45, 7) is 1.99. The summed E-state index contributed by atoms with van der Waals surface area (Å²) in [5, 5.41) is 10.7. The lowest BCUT2D eigenvalue weighted by atomic mass is 9.85. The normalized spacial score (nSPS) is 21.0. The van der Waals surface area contributed by atoms with E-state index in [0.717, 1.165) is 17.0 Å². The maximum Gasteiger partial charge on any atom is 0.232 e. The largest absolute Gasteiger partial charge is 0.497 e. The summed E-state index contributed by atoms with van der Waals surface area (Å²) >= 11 is 0. The Morgan fingerprint density at radius 3 is 2.59 bits per heavy atom. The minimum Gasteiger partial charge on any atom is -0.497 e. The molecule has 2 N–H and O–H groups in total. The minimum absolute atomic E-state index is 0.0665. The van der Waals surface area contributed by atoms with Crippen LogP contribution in [0.2, 0.25) is 0 Å². The summed E-state index contributed by atoms with van der Waals surface area (Å²) in [5.41, 5.74) is 1.75. The van der Waals surface area contributed by atoms with Crippen LogP contribution in [0.5, 0.6) is 5.75 Å². The molecule has 0 radical (unpaired) electrons. The molecule has 7 heteroatoms. The second-order valence-corrected chi connectivity index (χ2v) is 6.56. The number of aromatic nitrogens is 3. The maximum absolute atomic E-state index is 13.2. The van der Waals surface area contributed by atoms with Gasteiger partial charge in [-0.05, 0) is 36.8 Å². The van der Waals surface area contributed by atoms with Gasteiger partial charge in [0.2, 0.25) is 11.9 Å². The number of ether oxygens (including phenoxy) is 1. The van der Waals surface area contributed by atoms with E-state index in [9.17, 15) is 4.79 Å². The van der Waals surface area contributed by atoms with E-state index in [2.05, 4.69) is 20.7 Å². The maximum atomic E-state index is 13.2. The van der Waals surface area contributed by atoms with Gasteiger partial charge in [-0.1, -0.05) is 30.3 Å². The Balaban J connectivity index is 1.71. The third-order valence-electron chi connectivity index (χ3n) is 4.87. The van der Waals surface area contributed by atoms with Gasteiger partial charge in [0.1, 0.15) is 12.1 Å². The Bertz CT molecular complexity index is 923. The Kier molecular flexibility index (Phi) is 4.50. The number of carbonyl (C=O) groups excluding carboxylic acids is 1. The molecule has 0 saturated heterocycles. The quantitative estimate of drug-likeness (QED) is 0.745.